The number of carboxylic acid groups (broad SMARTS) is 1. The molecule has 1 rings (SSSR count). The molecule has 4 atom stereocenters. The van der Waals surface area contributed by atoms with E-state index in [-0.39, 0.29) is 31.1 Å². The lowest BCUT2D eigenvalue weighted by molar-refractivity contribution is -0.141. The van der Waals surface area contributed by atoms with Gasteiger partial charge < -0.3 is 54.2 Å². The van der Waals surface area contributed by atoms with Crippen LogP contribution in [0.1, 0.15) is 40.0 Å². The Morgan fingerprint density at radius 2 is 1.51 bits per heavy atom. The third-order valence-corrected chi connectivity index (χ3v) is 9.25. The third kappa shape index (κ3) is 14.8. The highest BCUT2D eigenvalue weighted by Crippen LogP contribution is 2.38. The number of carboxylic acids is 1. The van der Waals surface area contributed by atoms with Crippen molar-refractivity contribution in [1.82, 2.24) is 31.9 Å². The summed E-state index contributed by atoms with van der Waals surface area (Å²) in [6.45, 7) is 3.13. The predicted octanol–water partition coefficient (Wildman–Crippen LogP) is -4.63. The average Bonchev–Trinajstić information content (AvgIpc) is 2.92. The van der Waals surface area contributed by atoms with Crippen LogP contribution in [-0.2, 0) is 38.4 Å². The lowest BCUT2D eigenvalue weighted by Crippen LogP contribution is -2.60. The van der Waals surface area contributed by atoms with Gasteiger partial charge in [0.15, 0.2) is 5.96 Å². The molecule has 0 aromatic heterocycles. The van der Waals surface area contributed by atoms with Crippen LogP contribution in [0.15, 0.2) is 4.99 Å². The maximum Gasteiger partial charge on any atom is 0.305 e. The monoisotopic (exact) mass is 676 g/mol. The summed E-state index contributed by atoms with van der Waals surface area (Å²) in [4.78, 5) is 103. The summed E-state index contributed by atoms with van der Waals surface area (Å²) in [7, 11) is 2.09. The molecule has 0 saturated carbocycles. The van der Waals surface area contributed by atoms with Crippen LogP contribution in [0.3, 0.4) is 0 Å². The molecule has 0 bridgehead atoms. The zero-order valence-electron chi connectivity index (χ0n) is 25.0. The van der Waals surface area contributed by atoms with Crippen molar-refractivity contribution in [3.05, 3.63) is 0 Å². The largest absolute Gasteiger partial charge is 0.481 e. The summed E-state index contributed by atoms with van der Waals surface area (Å²) in [6.07, 6.45) is -0.622. The first-order valence-corrected chi connectivity index (χ1v) is 15.8. The number of aliphatic imine (C=N–C) groups is 1. The van der Waals surface area contributed by atoms with Crippen LogP contribution < -0.4 is 49.1 Å². The molecule has 0 radical (unpaired) electrons. The van der Waals surface area contributed by atoms with Crippen LogP contribution in [0, 0.1) is 0 Å². The Morgan fingerprint density at radius 3 is 2.04 bits per heavy atom. The van der Waals surface area contributed by atoms with Gasteiger partial charge in [0, 0.05) is 24.0 Å². The van der Waals surface area contributed by atoms with Crippen molar-refractivity contribution in [2.45, 2.75) is 68.9 Å². The Labute approximate surface area is 266 Å². The number of nitrogens with zero attached hydrogens (tertiary/aromatic N) is 1. The van der Waals surface area contributed by atoms with Gasteiger partial charge in [0.2, 0.25) is 41.4 Å². The minimum atomic E-state index is -1.66. The molecule has 7 amide bonds. The molecule has 0 aromatic carbocycles. The first kappa shape index (κ1) is 38.8. The Hall–Kier alpha value is -4.27. The highest BCUT2D eigenvalue weighted by atomic mass is 33.1. The van der Waals surface area contributed by atoms with Crippen molar-refractivity contribution in [3.63, 3.8) is 0 Å². The normalized spacial score (nSPS) is 23.9. The van der Waals surface area contributed by atoms with E-state index in [1.165, 1.54) is 6.92 Å². The molecule has 1 aliphatic heterocycles. The van der Waals surface area contributed by atoms with Crippen LogP contribution >= 0.6 is 21.6 Å². The number of nitrogens with one attached hydrogen (secondary N) is 6. The zero-order valence-corrected chi connectivity index (χ0v) is 26.6. The second-order valence-electron chi connectivity index (χ2n) is 10.3. The van der Waals surface area contributed by atoms with E-state index < -0.39 is 95.7 Å². The van der Waals surface area contributed by atoms with Crippen molar-refractivity contribution in [2.75, 3.05) is 25.4 Å². The predicted molar refractivity (Wildman–Crippen MR) is 165 cm³/mol. The zero-order chi connectivity index (χ0) is 34.3. The number of aliphatic carboxylic acids is 1. The molecule has 19 nitrogen and oxygen atoms in total. The molecule has 1 aliphatic rings. The van der Waals surface area contributed by atoms with Crippen molar-refractivity contribution in [2.24, 2.45) is 22.2 Å². The fourth-order valence-electron chi connectivity index (χ4n) is 3.79. The van der Waals surface area contributed by atoms with E-state index >= 15 is 0 Å². The van der Waals surface area contributed by atoms with Gasteiger partial charge in [-0.3, -0.25) is 43.3 Å². The van der Waals surface area contributed by atoms with Gasteiger partial charge in [0.05, 0.1) is 19.5 Å². The molecule has 0 aliphatic carbocycles. The van der Waals surface area contributed by atoms with E-state index in [2.05, 4.69) is 36.9 Å². The van der Waals surface area contributed by atoms with E-state index in [1.54, 1.807) is 13.8 Å². The van der Waals surface area contributed by atoms with Gasteiger partial charge in [-0.1, -0.05) is 21.6 Å². The number of carbonyl (C=O) groups is 8. The average molecular weight is 677 g/mol. The number of hydrogen-bond donors (Lipinski definition) is 10. The minimum Gasteiger partial charge on any atom is -0.481 e. The Kier molecular flexibility index (Phi) is 15.9. The molecule has 1 fully saturated rings. The molecule has 45 heavy (non-hydrogen) atoms. The van der Waals surface area contributed by atoms with E-state index in [0.29, 0.717) is 0 Å². The van der Waals surface area contributed by atoms with Crippen molar-refractivity contribution >= 4 is 74.9 Å². The fraction of sp³-hybridized carbons (Fsp3) is 0.625. The number of carbonyl (C=O) groups excluding carboxylic acids is 7. The second kappa shape index (κ2) is 18.5. The number of rotatable bonds is 8. The van der Waals surface area contributed by atoms with E-state index in [9.17, 15) is 43.5 Å². The van der Waals surface area contributed by atoms with Gasteiger partial charge in [0.1, 0.15) is 24.2 Å². The van der Waals surface area contributed by atoms with Crippen LogP contribution in [0.2, 0.25) is 0 Å². The highest BCUT2D eigenvalue weighted by Gasteiger charge is 2.39. The molecule has 21 heteroatoms. The number of primary amides is 1. The minimum absolute atomic E-state index is 0.0145. The smallest absolute Gasteiger partial charge is 0.305 e. The van der Waals surface area contributed by atoms with E-state index in [1.807, 2.05) is 0 Å². The van der Waals surface area contributed by atoms with Gasteiger partial charge in [-0.05, 0) is 26.7 Å². The summed E-state index contributed by atoms with van der Waals surface area (Å²) >= 11 is 0. The number of guanidine groups is 1. The molecule has 1 saturated heterocycles. The topological polar surface area (TPSA) is 319 Å². The standard InChI is InChI=1S/C24H40N10O9S2/c1-11(35)31-14-10-44-45-24(2,3)18(19(25)40)34-22(43)13(7-17(38)39)33-16(37)9-29-20(41)12(5-4-6-28-23(26)27)32-15(36)8-30-21(14)42/h12-14,18H,4-10H2,1-3H3,(H2,25,40)(H,29,41)(H,30,42)(H,31,35)(H,32,36)(H,33,37)(H,34,43)(H,38,39)(H4,26,27,28)/t12-,13-,14+,18-/m0/s1. The van der Waals surface area contributed by atoms with Crippen LogP contribution in [-0.4, -0.2) is 113 Å². The maximum atomic E-state index is 13.1. The molecule has 13 N–H and O–H groups in total. The number of amides is 7. The van der Waals surface area contributed by atoms with Crippen molar-refractivity contribution < 1.29 is 43.5 Å². The lowest BCUT2D eigenvalue weighted by Gasteiger charge is -2.33. The summed E-state index contributed by atoms with van der Waals surface area (Å²) in [5.74, 6) is -7.46. The van der Waals surface area contributed by atoms with Crippen LogP contribution in [0.25, 0.3) is 0 Å². The number of hydrogen-bond acceptors (Lipinski definition) is 11. The quantitative estimate of drug-likeness (QED) is 0.0501. The second-order valence-corrected chi connectivity index (χ2v) is 13.3. The SMILES string of the molecule is CC(=O)N[C@@H]1CSSC(C)(C)[C@H](C(N)=O)NC(=O)[C@H](CC(=O)O)NC(=O)CNC(=O)[C@H](CCCN=C(N)N)NC(=O)CNC1=O. The molecule has 0 aromatic rings. The highest BCUT2D eigenvalue weighted by molar-refractivity contribution is 8.77. The molecule has 0 unspecified atom stereocenters. The van der Waals surface area contributed by atoms with Gasteiger partial charge in [-0.2, -0.15) is 0 Å². The molecular weight excluding hydrogens is 636 g/mol. The Balaban J connectivity index is 3.35. The third-order valence-electron chi connectivity index (χ3n) is 5.94. The van der Waals surface area contributed by atoms with Gasteiger partial charge in [-0.15, -0.1) is 0 Å². The Morgan fingerprint density at radius 1 is 0.933 bits per heavy atom. The first-order valence-electron chi connectivity index (χ1n) is 13.5. The number of nitrogens with two attached hydrogens (primary N) is 3. The van der Waals surface area contributed by atoms with E-state index in [4.69, 9.17) is 17.2 Å². The van der Waals surface area contributed by atoms with Crippen molar-refractivity contribution in [1.29, 1.82) is 0 Å². The summed E-state index contributed by atoms with van der Waals surface area (Å²) in [5, 5.41) is 23.5. The summed E-state index contributed by atoms with van der Waals surface area (Å²) < 4.78 is -1.15. The van der Waals surface area contributed by atoms with Gasteiger partial charge in [0.25, 0.3) is 0 Å². The lowest BCUT2D eigenvalue weighted by atomic mass is 10.0. The fourth-order valence-corrected chi connectivity index (χ4v) is 6.62. The van der Waals surface area contributed by atoms with Crippen molar-refractivity contribution in [3.8, 4) is 0 Å². The van der Waals surface area contributed by atoms with Gasteiger partial charge >= 0.3 is 5.97 Å². The summed E-state index contributed by atoms with van der Waals surface area (Å²) in [6, 6.07) is -5.37. The first-order chi connectivity index (χ1) is 20.9. The molecule has 1 heterocycles. The van der Waals surface area contributed by atoms with Gasteiger partial charge in [-0.25, -0.2) is 0 Å². The van der Waals surface area contributed by atoms with Crippen LogP contribution in [0.5, 0.6) is 0 Å². The molecular formula is C24H40N10O9S2. The van der Waals surface area contributed by atoms with E-state index in [0.717, 1.165) is 21.6 Å². The van der Waals surface area contributed by atoms with Crippen LogP contribution in [0.4, 0.5) is 0 Å². The molecule has 252 valence electrons. The Bertz CT molecular complexity index is 1180. The molecule has 0 spiro atoms. The maximum absolute atomic E-state index is 13.1. The summed E-state index contributed by atoms with van der Waals surface area (Å²) in [5.41, 5.74) is 16.1.